The first-order valence-electron chi connectivity index (χ1n) is 8.94. The molecule has 0 amide bonds. The standard InChI is InChI=1S/C19H23ClN4O2S/c1-5-9-27-19-22-18-21-12(4)15(17(25)26-11(2)3)16(24(18)23-19)13-7-6-8-14(20)10-13/h6-8,10-11,16H,5,9H2,1-4H3,(H,21,22,23). The van der Waals surface area contributed by atoms with Crippen LogP contribution in [0.5, 0.6) is 0 Å². The smallest absolute Gasteiger partial charge is 0.338 e. The molecule has 0 aliphatic carbocycles. The Kier molecular flexibility index (Phi) is 6.11. The van der Waals surface area contributed by atoms with E-state index in [9.17, 15) is 4.79 Å². The van der Waals surface area contributed by atoms with Crippen LogP contribution in [0.25, 0.3) is 0 Å². The van der Waals surface area contributed by atoms with Gasteiger partial charge in [0.25, 0.3) is 0 Å². The topological polar surface area (TPSA) is 69.0 Å². The number of anilines is 1. The van der Waals surface area contributed by atoms with Gasteiger partial charge in [-0.05, 0) is 44.9 Å². The molecule has 0 saturated carbocycles. The van der Waals surface area contributed by atoms with Crippen LogP contribution < -0.4 is 5.32 Å². The number of aromatic nitrogens is 3. The largest absolute Gasteiger partial charge is 0.459 e. The predicted molar refractivity (Wildman–Crippen MR) is 108 cm³/mol. The number of ether oxygens (including phenoxy) is 1. The minimum Gasteiger partial charge on any atom is -0.459 e. The Balaban J connectivity index is 2.09. The number of allylic oxidation sites excluding steroid dienone is 1. The van der Waals surface area contributed by atoms with Crippen molar-refractivity contribution in [3.05, 3.63) is 46.1 Å². The van der Waals surface area contributed by atoms with Gasteiger partial charge in [-0.1, -0.05) is 42.4 Å². The van der Waals surface area contributed by atoms with Gasteiger partial charge in [0.2, 0.25) is 11.1 Å². The predicted octanol–water partition coefficient (Wildman–Crippen LogP) is 4.67. The SMILES string of the molecule is CCCSc1nc2n(n1)C(c1cccc(Cl)c1)C(C(=O)OC(C)C)=C(C)N2. The van der Waals surface area contributed by atoms with Crippen LogP contribution in [0.1, 0.15) is 45.7 Å². The molecule has 2 heterocycles. The van der Waals surface area contributed by atoms with Gasteiger partial charge < -0.3 is 10.1 Å². The highest BCUT2D eigenvalue weighted by molar-refractivity contribution is 7.99. The summed E-state index contributed by atoms with van der Waals surface area (Å²) in [4.78, 5) is 17.4. The van der Waals surface area contributed by atoms with Crippen molar-refractivity contribution in [1.82, 2.24) is 14.8 Å². The highest BCUT2D eigenvalue weighted by atomic mass is 35.5. The molecule has 8 heteroatoms. The number of benzene rings is 1. The molecule has 1 aliphatic rings. The number of nitrogens with zero attached hydrogens (tertiary/aromatic N) is 3. The van der Waals surface area contributed by atoms with Gasteiger partial charge in [-0.2, -0.15) is 4.98 Å². The molecule has 27 heavy (non-hydrogen) atoms. The zero-order chi connectivity index (χ0) is 19.6. The summed E-state index contributed by atoms with van der Waals surface area (Å²) < 4.78 is 7.24. The molecule has 1 aromatic heterocycles. The molecule has 0 saturated heterocycles. The van der Waals surface area contributed by atoms with Crippen LogP contribution in [-0.4, -0.2) is 32.6 Å². The van der Waals surface area contributed by atoms with E-state index in [4.69, 9.17) is 16.3 Å². The van der Waals surface area contributed by atoms with Gasteiger partial charge in [-0.15, -0.1) is 5.10 Å². The number of rotatable bonds is 6. The van der Waals surface area contributed by atoms with Crippen molar-refractivity contribution >= 4 is 35.3 Å². The summed E-state index contributed by atoms with van der Waals surface area (Å²) in [5.41, 5.74) is 2.07. The van der Waals surface area contributed by atoms with Crippen molar-refractivity contribution in [2.45, 2.75) is 51.4 Å². The molecular formula is C19H23ClN4O2S. The molecule has 0 fully saturated rings. The number of thioether (sulfide) groups is 1. The second-order valence-corrected chi connectivity index (χ2v) is 8.08. The number of hydrogen-bond acceptors (Lipinski definition) is 6. The molecule has 0 radical (unpaired) electrons. The number of halogens is 1. The fourth-order valence-corrected chi connectivity index (χ4v) is 3.79. The number of fused-ring (bicyclic) bond motifs is 1. The lowest BCUT2D eigenvalue weighted by Gasteiger charge is -2.28. The third-order valence-electron chi connectivity index (χ3n) is 4.00. The summed E-state index contributed by atoms with van der Waals surface area (Å²) in [5.74, 6) is 1.17. The van der Waals surface area contributed by atoms with Gasteiger partial charge in [0.1, 0.15) is 6.04 Å². The molecule has 0 bridgehead atoms. The lowest BCUT2D eigenvalue weighted by atomic mass is 9.96. The summed E-state index contributed by atoms with van der Waals surface area (Å²) in [6.45, 7) is 7.63. The van der Waals surface area contributed by atoms with Gasteiger partial charge in [0, 0.05) is 16.5 Å². The Morgan fingerprint density at radius 3 is 2.89 bits per heavy atom. The van der Waals surface area contributed by atoms with Gasteiger partial charge in [0.05, 0.1) is 11.7 Å². The fourth-order valence-electron chi connectivity index (χ4n) is 2.91. The maximum absolute atomic E-state index is 12.9. The number of hydrogen-bond donors (Lipinski definition) is 1. The normalized spacial score (nSPS) is 16.3. The molecule has 1 N–H and O–H groups in total. The summed E-state index contributed by atoms with van der Waals surface area (Å²) in [6, 6.07) is 7.00. The Morgan fingerprint density at radius 2 is 2.22 bits per heavy atom. The van der Waals surface area contributed by atoms with Crippen molar-refractivity contribution < 1.29 is 9.53 Å². The number of carbonyl (C=O) groups is 1. The average Bonchev–Trinajstić information content (AvgIpc) is 3.00. The molecule has 1 aromatic carbocycles. The second-order valence-electron chi connectivity index (χ2n) is 6.59. The van der Waals surface area contributed by atoms with Gasteiger partial charge in [-0.3, -0.25) is 0 Å². The van der Waals surface area contributed by atoms with Crippen molar-refractivity contribution in [3.63, 3.8) is 0 Å². The maximum Gasteiger partial charge on any atom is 0.338 e. The van der Waals surface area contributed by atoms with E-state index in [0.717, 1.165) is 17.7 Å². The fraction of sp³-hybridized carbons (Fsp3) is 0.421. The minimum atomic E-state index is -0.449. The first-order valence-corrected chi connectivity index (χ1v) is 10.3. The summed E-state index contributed by atoms with van der Waals surface area (Å²) in [7, 11) is 0. The van der Waals surface area contributed by atoms with Crippen LogP contribution >= 0.6 is 23.4 Å². The van der Waals surface area contributed by atoms with Crippen LogP contribution in [0.3, 0.4) is 0 Å². The molecule has 0 spiro atoms. The van der Waals surface area contributed by atoms with Gasteiger partial charge >= 0.3 is 5.97 Å². The molecule has 1 aliphatic heterocycles. The molecule has 6 nitrogen and oxygen atoms in total. The average molecular weight is 407 g/mol. The minimum absolute atomic E-state index is 0.217. The number of esters is 1. The highest BCUT2D eigenvalue weighted by Crippen LogP contribution is 2.37. The molecule has 3 rings (SSSR count). The van der Waals surface area contributed by atoms with E-state index >= 15 is 0 Å². The maximum atomic E-state index is 12.9. The Morgan fingerprint density at radius 1 is 1.44 bits per heavy atom. The van der Waals surface area contributed by atoms with Crippen LogP contribution in [0.4, 0.5) is 5.95 Å². The van der Waals surface area contributed by atoms with Crippen molar-refractivity contribution in [1.29, 1.82) is 0 Å². The molecule has 1 unspecified atom stereocenters. The van der Waals surface area contributed by atoms with Gasteiger partial charge in [0.15, 0.2) is 0 Å². The van der Waals surface area contributed by atoms with E-state index in [-0.39, 0.29) is 12.1 Å². The molecule has 1 atom stereocenters. The number of carbonyl (C=O) groups excluding carboxylic acids is 1. The lowest BCUT2D eigenvalue weighted by molar-refractivity contribution is -0.143. The quantitative estimate of drug-likeness (QED) is 0.555. The van der Waals surface area contributed by atoms with Gasteiger partial charge in [-0.25, -0.2) is 9.48 Å². The van der Waals surface area contributed by atoms with E-state index in [1.165, 1.54) is 0 Å². The van der Waals surface area contributed by atoms with E-state index < -0.39 is 6.04 Å². The third kappa shape index (κ3) is 4.30. The van der Waals surface area contributed by atoms with Crippen LogP contribution in [0.2, 0.25) is 5.02 Å². The summed E-state index contributed by atoms with van der Waals surface area (Å²) in [6.07, 6.45) is 0.814. The summed E-state index contributed by atoms with van der Waals surface area (Å²) in [5, 5.41) is 9.12. The Bertz CT molecular complexity index is 878. The van der Waals surface area contributed by atoms with E-state index in [1.54, 1.807) is 22.5 Å². The van der Waals surface area contributed by atoms with Crippen molar-refractivity contribution in [2.24, 2.45) is 0 Å². The third-order valence-corrected chi connectivity index (χ3v) is 5.27. The molecule has 144 valence electrons. The number of nitrogens with one attached hydrogen (secondary N) is 1. The zero-order valence-electron chi connectivity index (χ0n) is 15.8. The van der Waals surface area contributed by atoms with E-state index in [2.05, 4.69) is 22.3 Å². The van der Waals surface area contributed by atoms with Crippen molar-refractivity contribution in [2.75, 3.05) is 11.1 Å². The first kappa shape index (κ1) is 19.8. The van der Waals surface area contributed by atoms with Crippen LogP contribution in [0, 0.1) is 0 Å². The lowest BCUT2D eigenvalue weighted by Crippen LogP contribution is -2.30. The monoisotopic (exact) mass is 406 g/mol. The Hall–Kier alpha value is -1.99. The molecular weight excluding hydrogens is 384 g/mol. The Labute approximate surface area is 168 Å². The second kappa shape index (κ2) is 8.35. The highest BCUT2D eigenvalue weighted by Gasteiger charge is 2.35. The van der Waals surface area contributed by atoms with Crippen molar-refractivity contribution in [3.8, 4) is 0 Å². The first-order chi connectivity index (χ1) is 12.9. The van der Waals surface area contributed by atoms with Crippen LogP contribution in [-0.2, 0) is 9.53 Å². The van der Waals surface area contributed by atoms with E-state index in [0.29, 0.717) is 27.4 Å². The summed E-state index contributed by atoms with van der Waals surface area (Å²) >= 11 is 7.81. The zero-order valence-corrected chi connectivity index (χ0v) is 17.4. The molecule has 2 aromatic rings. The van der Waals surface area contributed by atoms with E-state index in [1.807, 2.05) is 39.0 Å². The van der Waals surface area contributed by atoms with Crippen LogP contribution in [0.15, 0.2) is 40.7 Å².